The second-order valence-corrected chi connectivity index (χ2v) is 8.46. The van der Waals surface area contributed by atoms with Crippen molar-refractivity contribution >= 4 is 11.6 Å². The third-order valence-corrected chi connectivity index (χ3v) is 5.28. The second-order valence-electron chi connectivity index (χ2n) is 8.46. The summed E-state index contributed by atoms with van der Waals surface area (Å²) in [7, 11) is 0. The van der Waals surface area contributed by atoms with E-state index in [9.17, 15) is 0 Å². The van der Waals surface area contributed by atoms with Gasteiger partial charge in [-0.15, -0.1) is 0 Å². The average Bonchev–Trinajstić information content (AvgIpc) is 3.09. The van der Waals surface area contributed by atoms with Crippen molar-refractivity contribution in [1.29, 1.82) is 0 Å². The summed E-state index contributed by atoms with van der Waals surface area (Å²) in [6.07, 6.45) is 8.12. The number of aromatic nitrogens is 2. The van der Waals surface area contributed by atoms with Gasteiger partial charge in [-0.05, 0) is 50.6 Å². The Hall–Kier alpha value is -1.36. The van der Waals surface area contributed by atoms with Crippen LogP contribution in [-0.2, 0) is 0 Å². The molecular formula is C19H33N5. The third-order valence-electron chi connectivity index (χ3n) is 5.28. The van der Waals surface area contributed by atoms with Gasteiger partial charge in [0, 0.05) is 31.7 Å². The molecule has 0 aromatic carbocycles. The van der Waals surface area contributed by atoms with E-state index in [0.717, 1.165) is 43.7 Å². The first kappa shape index (κ1) is 17.5. The molecule has 2 aliphatic rings. The quantitative estimate of drug-likeness (QED) is 0.896. The summed E-state index contributed by atoms with van der Waals surface area (Å²) in [5.74, 6) is 2.02. The molecule has 0 radical (unpaired) electrons. The number of nitrogens with one attached hydrogen (secondary N) is 1. The van der Waals surface area contributed by atoms with Gasteiger partial charge in [0.15, 0.2) is 0 Å². The number of likely N-dealkylation sites (tertiary alicyclic amines) is 1. The first-order valence-electron chi connectivity index (χ1n) is 9.56. The fourth-order valence-corrected chi connectivity index (χ4v) is 3.75. The predicted molar refractivity (Wildman–Crippen MR) is 101 cm³/mol. The lowest BCUT2D eigenvalue weighted by Gasteiger charge is -2.37. The summed E-state index contributed by atoms with van der Waals surface area (Å²) < 4.78 is 0. The zero-order chi connectivity index (χ0) is 17.0. The van der Waals surface area contributed by atoms with E-state index in [0.29, 0.717) is 5.41 Å². The van der Waals surface area contributed by atoms with Crippen molar-refractivity contribution < 1.29 is 0 Å². The highest BCUT2D eigenvalue weighted by Gasteiger charge is 2.26. The highest BCUT2D eigenvalue weighted by atomic mass is 15.2. The Bertz CT molecular complexity index is 511. The van der Waals surface area contributed by atoms with Crippen molar-refractivity contribution in [2.45, 2.75) is 58.9 Å². The fraction of sp³-hybridized carbons (Fsp3) is 0.789. The number of rotatable bonds is 5. The van der Waals surface area contributed by atoms with Gasteiger partial charge in [-0.3, -0.25) is 0 Å². The maximum absolute atomic E-state index is 4.50. The van der Waals surface area contributed by atoms with Crippen molar-refractivity contribution in [2.24, 2.45) is 5.41 Å². The third kappa shape index (κ3) is 4.82. The zero-order valence-electron chi connectivity index (χ0n) is 15.6. The van der Waals surface area contributed by atoms with Gasteiger partial charge in [0.05, 0.1) is 0 Å². The van der Waals surface area contributed by atoms with E-state index in [4.69, 9.17) is 0 Å². The molecule has 1 aromatic heterocycles. The number of anilines is 2. The van der Waals surface area contributed by atoms with E-state index >= 15 is 0 Å². The second kappa shape index (κ2) is 7.68. The van der Waals surface area contributed by atoms with Gasteiger partial charge >= 0.3 is 0 Å². The molecule has 0 atom stereocenters. The molecule has 0 spiro atoms. The van der Waals surface area contributed by atoms with Crippen LogP contribution in [0.5, 0.6) is 0 Å². The molecule has 1 aromatic rings. The van der Waals surface area contributed by atoms with Crippen LogP contribution in [0.2, 0.25) is 0 Å². The summed E-state index contributed by atoms with van der Waals surface area (Å²) in [6.45, 7) is 12.6. The lowest BCUT2D eigenvalue weighted by atomic mass is 9.92. The maximum Gasteiger partial charge on any atom is 0.134 e. The van der Waals surface area contributed by atoms with Crippen LogP contribution < -0.4 is 10.2 Å². The number of nitrogens with zero attached hydrogens (tertiary/aromatic N) is 4. The summed E-state index contributed by atoms with van der Waals surface area (Å²) in [5, 5.41) is 3.45. The lowest BCUT2D eigenvalue weighted by molar-refractivity contribution is 0.207. The average molecular weight is 332 g/mol. The molecule has 3 rings (SSSR count). The van der Waals surface area contributed by atoms with E-state index in [-0.39, 0.29) is 0 Å². The van der Waals surface area contributed by atoms with Gasteiger partial charge < -0.3 is 15.1 Å². The molecule has 0 bridgehead atoms. The smallest absolute Gasteiger partial charge is 0.134 e. The highest BCUT2D eigenvalue weighted by Crippen LogP contribution is 2.25. The largest absolute Gasteiger partial charge is 0.370 e. The van der Waals surface area contributed by atoms with E-state index in [1.165, 1.54) is 38.8 Å². The van der Waals surface area contributed by atoms with Crippen LogP contribution in [0.1, 0.15) is 52.9 Å². The van der Waals surface area contributed by atoms with Gasteiger partial charge in [0.25, 0.3) is 0 Å². The Morgan fingerprint density at radius 2 is 1.79 bits per heavy atom. The zero-order valence-corrected chi connectivity index (χ0v) is 15.6. The Kier molecular flexibility index (Phi) is 5.59. The maximum atomic E-state index is 4.50. The monoisotopic (exact) mass is 331 g/mol. The van der Waals surface area contributed by atoms with E-state index < -0.39 is 0 Å². The summed E-state index contributed by atoms with van der Waals surface area (Å²) in [5.41, 5.74) is 0.348. The van der Waals surface area contributed by atoms with Crippen LogP contribution in [0.3, 0.4) is 0 Å². The molecule has 2 aliphatic heterocycles. The van der Waals surface area contributed by atoms with Gasteiger partial charge in [0.1, 0.15) is 18.0 Å². The minimum absolute atomic E-state index is 0.348. The van der Waals surface area contributed by atoms with E-state index in [1.54, 1.807) is 6.33 Å². The van der Waals surface area contributed by atoms with E-state index in [2.05, 4.69) is 51.9 Å². The lowest BCUT2D eigenvalue weighted by Crippen LogP contribution is -2.44. The number of hydrogen-bond donors (Lipinski definition) is 1. The molecular weight excluding hydrogens is 298 g/mol. The molecule has 5 nitrogen and oxygen atoms in total. The van der Waals surface area contributed by atoms with Crippen molar-refractivity contribution in [1.82, 2.24) is 14.9 Å². The van der Waals surface area contributed by atoms with Crippen LogP contribution >= 0.6 is 0 Å². The predicted octanol–water partition coefficient (Wildman–Crippen LogP) is 3.39. The molecule has 0 amide bonds. The van der Waals surface area contributed by atoms with Crippen molar-refractivity contribution in [3.63, 3.8) is 0 Å². The summed E-state index contributed by atoms with van der Waals surface area (Å²) in [4.78, 5) is 14.0. The van der Waals surface area contributed by atoms with Crippen molar-refractivity contribution in [3.05, 3.63) is 12.4 Å². The minimum Gasteiger partial charge on any atom is -0.370 e. The first-order valence-corrected chi connectivity index (χ1v) is 9.56. The van der Waals surface area contributed by atoms with Gasteiger partial charge in [-0.1, -0.05) is 20.8 Å². The Morgan fingerprint density at radius 1 is 1.08 bits per heavy atom. The normalized spacial score (nSPS) is 20.5. The number of hydrogen-bond acceptors (Lipinski definition) is 5. The molecule has 2 saturated heterocycles. The molecule has 134 valence electrons. The highest BCUT2D eigenvalue weighted by molar-refractivity contribution is 5.48. The van der Waals surface area contributed by atoms with Crippen molar-refractivity contribution in [3.8, 4) is 0 Å². The molecule has 0 saturated carbocycles. The van der Waals surface area contributed by atoms with Gasteiger partial charge in [0.2, 0.25) is 0 Å². The minimum atomic E-state index is 0.348. The fourth-order valence-electron chi connectivity index (χ4n) is 3.75. The van der Waals surface area contributed by atoms with Gasteiger partial charge in [-0.2, -0.15) is 0 Å². The van der Waals surface area contributed by atoms with Gasteiger partial charge in [-0.25, -0.2) is 9.97 Å². The Balaban J connectivity index is 1.51. The van der Waals surface area contributed by atoms with Crippen LogP contribution in [0.15, 0.2) is 12.4 Å². The van der Waals surface area contributed by atoms with Crippen LogP contribution in [0.25, 0.3) is 0 Å². The van der Waals surface area contributed by atoms with E-state index in [1.807, 2.05) is 0 Å². The molecule has 3 heterocycles. The number of piperidine rings is 1. The Morgan fingerprint density at radius 3 is 2.46 bits per heavy atom. The molecule has 0 unspecified atom stereocenters. The standard InChI is InChI=1S/C19H33N5/c1-19(2,3)8-9-20-17-14-18(22-15-21-17)24-12-6-16(7-13-24)23-10-4-5-11-23/h14-16H,4-13H2,1-3H3,(H,20,21,22). The summed E-state index contributed by atoms with van der Waals surface area (Å²) >= 11 is 0. The SMILES string of the molecule is CC(C)(C)CCNc1cc(N2CCC(N3CCCC3)CC2)ncn1. The molecule has 24 heavy (non-hydrogen) atoms. The van der Waals surface area contributed by atoms with Crippen LogP contribution in [0.4, 0.5) is 11.6 Å². The van der Waals surface area contributed by atoms with Crippen molar-refractivity contribution in [2.75, 3.05) is 42.9 Å². The topological polar surface area (TPSA) is 44.3 Å². The first-order chi connectivity index (χ1) is 11.5. The molecule has 5 heteroatoms. The Labute approximate surface area is 146 Å². The molecule has 1 N–H and O–H groups in total. The molecule has 0 aliphatic carbocycles. The van der Waals surface area contributed by atoms with Crippen LogP contribution in [-0.4, -0.2) is 53.6 Å². The molecule has 2 fully saturated rings. The van der Waals surface area contributed by atoms with Crippen LogP contribution in [0, 0.1) is 5.41 Å². The summed E-state index contributed by atoms with van der Waals surface area (Å²) in [6, 6.07) is 2.90.